The minimum absolute atomic E-state index is 0.289. The Balaban J connectivity index is 1.80. The van der Waals surface area contributed by atoms with Gasteiger partial charge in [-0.3, -0.25) is 0 Å². The predicted octanol–water partition coefficient (Wildman–Crippen LogP) is 6.11. The molecule has 134 valence electrons. The Bertz CT molecular complexity index is 803. The van der Waals surface area contributed by atoms with Gasteiger partial charge < -0.3 is 5.11 Å². The smallest absolute Gasteiger partial charge is 0.336 e. The number of rotatable bonds is 5. The van der Waals surface area contributed by atoms with E-state index in [1.165, 1.54) is 44.1 Å². The van der Waals surface area contributed by atoms with Crippen molar-refractivity contribution in [3.8, 4) is 23.5 Å². The number of carboxylic acids is 1. The fraction of sp³-hybridized carbons (Fsp3) is 0.375. The van der Waals surface area contributed by atoms with Crippen LogP contribution in [0.4, 0.5) is 0 Å². The normalized spacial score (nSPS) is 19.7. The number of carboxylic acid groups (broad SMARTS) is 1. The molecule has 2 aromatic rings. The van der Waals surface area contributed by atoms with E-state index in [-0.39, 0.29) is 5.56 Å². The van der Waals surface area contributed by atoms with E-state index in [0.29, 0.717) is 17.0 Å². The summed E-state index contributed by atoms with van der Waals surface area (Å²) in [5, 5.41) is 9.47. The molecule has 0 atom stereocenters. The molecule has 0 amide bonds. The summed E-state index contributed by atoms with van der Waals surface area (Å²) in [5.74, 6) is 3.19. The van der Waals surface area contributed by atoms with Crippen molar-refractivity contribution in [1.29, 1.82) is 0 Å². The van der Waals surface area contributed by atoms with E-state index in [1.807, 2.05) is 12.1 Å². The van der Waals surface area contributed by atoms with Gasteiger partial charge in [0.2, 0.25) is 0 Å². The van der Waals surface area contributed by atoms with Gasteiger partial charge in [-0.05, 0) is 72.4 Å². The zero-order valence-corrected chi connectivity index (χ0v) is 15.4. The molecular weight excluding hydrogens is 320 g/mol. The molecule has 2 heteroatoms. The Morgan fingerprint density at radius 3 is 2.38 bits per heavy atom. The Morgan fingerprint density at radius 2 is 1.81 bits per heavy atom. The first-order valence-electron chi connectivity index (χ1n) is 9.56. The molecule has 0 aromatic heterocycles. The van der Waals surface area contributed by atoms with Gasteiger partial charge in [-0.2, -0.15) is 0 Å². The Hall–Kier alpha value is -2.53. The van der Waals surface area contributed by atoms with Crippen LogP contribution in [0.5, 0.6) is 0 Å². The van der Waals surface area contributed by atoms with Gasteiger partial charge in [0, 0.05) is 5.56 Å². The quantitative estimate of drug-likeness (QED) is 0.663. The summed E-state index contributed by atoms with van der Waals surface area (Å²) in [5.41, 5.74) is 3.95. The predicted molar refractivity (Wildman–Crippen MR) is 106 cm³/mol. The zero-order valence-electron chi connectivity index (χ0n) is 15.4. The van der Waals surface area contributed by atoms with Gasteiger partial charge in [0.1, 0.15) is 0 Å². The Kier molecular flexibility index (Phi) is 5.78. The molecule has 1 saturated carbocycles. The lowest BCUT2D eigenvalue weighted by atomic mass is 9.77. The molecule has 0 spiro atoms. The third kappa shape index (κ3) is 3.99. The van der Waals surface area contributed by atoms with E-state index in [2.05, 4.69) is 25.0 Å². The molecule has 1 N–H and O–H groups in total. The number of hydrogen-bond donors (Lipinski definition) is 1. The van der Waals surface area contributed by atoms with Gasteiger partial charge in [0.15, 0.2) is 0 Å². The largest absolute Gasteiger partial charge is 0.478 e. The van der Waals surface area contributed by atoms with Crippen LogP contribution in [0.15, 0.2) is 42.5 Å². The van der Waals surface area contributed by atoms with Crippen molar-refractivity contribution in [2.45, 2.75) is 51.4 Å². The average molecular weight is 346 g/mol. The summed E-state index contributed by atoms with van der Waals surface area (Å²) in [4.78, 5) is 11.5. The SMILES string of the molecule is C#Cc1ccc(C(=O)O)c(-c2ccc(C3CCC(CCC)CC3)cc2)c1. The number of aromatic carboxylic acids is 1. The van der Waals surface area contributed by atoms with Crippen LogP contribution < -0.4 is 0 Å². The topological polar surface area (TPSA) is 37.3 Å². The molecule has 0 bridgehead atoms. The molecule has 1 aliphatic carbocycles. The van der Waals surface area contributed by atoms with Gasteiger partial charge in [0.25, 0.3) is 0 Å². The van der Waals surface area contributed by atoms with Crippen LogP contribution in [0.2, 0.25) is 0 Å². The van der Waals surface area contributed by atoms with Crippen molar-refractivity contribution >= 4 is 5.97 Å². The third-order valence-electron chi connectivity index (χ3n) is 5.65. The Labute approximate surface area is 156 Å². The first-order valence-corrected chi connectivity index (χ1v) is 9.56. The maximum Gasteiger partial charge on any atom is 0.336 e. The average Bonchev–Trinajstić information content (AvgIpc) is 2.68. The van der Waals surface area contributed by atoms with E-state index in [0.717, 1.165) is 11.5 Å². The van der Waals surface area contributed by atoms with Crippen molar-refractivity contribution in [3.63, 3.8) is 0 Å². The van der Waals surface area contributed by atoms with Crippen molar-refractivity contribution < 1.29 is 9.90 Å². The number of hydrogen-bond acceptors (Lipinski definition) is 1. The van der Waals surface area contributed by atoms with Crippen LogP contribution >= 0.6 is 0 Å². The third-order valence-corrected chi connectivity index (χ3v) is 5.65. The standard InChI is InChI=1S/C24H26O2/c1-3-5-18-6-9-19(10-7-18)20-11-13-21(14-12-20)23-16-17(4-2)8-15-22(23)24(25)26/h2,8,11-16,18-19H,3,5-7,9-10H2,1H3,(H,25,26). The van der Waals surface area contributed by atoms with Crippen molar-refractivity contribution in [3.05, 3.63) is 59.2 Å². The van der Waals surface area contributed by atoms with Gasteiger partial charge in [-0.1, -0.05) is 50.0 Å². The molecular formula is C24H26O2. The van der Waals surface area contributed by atoms with E-state index < -0.39 is 5.97 Å². The summed E-state index contributed by atoms with van der Waals surface area (Å²) in [6.45, 7) is 2.27. The lowest BCUT2D eigenvalue weighted by Gasteiger charge is -2.28. The van der Waals surface area contributed by atoms with Crippen LogP contribution in [0.1, 0.15) is 72.9 Å². The monoisotopic (exact) mass is 346 g/mol. The first-order chi connectivity index (χ1) is 12.6. The molecule has 3 rings (SSSR count). The first kappa shape index (κ1) is 18.3. The van der Waals surface area contributed by atoms with Crippen LogP contribution in [0.3, 0.4) is 0 Å². The summed E-state index contributed by atoms with van der Waals surface area (Å²) >= 11 is 0. The number of terminal acetylenes is 1. The second-order valence-corrected chi connectivity index (χ2v) is 7.34. The number of benzene rings is 2. The van der Waals surface area contributed by atoms with Crippen LogP contribution in [0, 0.1) is 18.3 Å². The zero-order chi connectivity index (χ0) is 18.5. The molecule has 2 nitrogen and oxygen atoms in total. The molecule has 2 aromatic carbocycles. The van der Waals surface area contributed by atoms with Crippen LogP contribution in [-0.2, 0) is 0 Å². The van der Waals surface area contributed by atoms with Crippen molar-refractivity contribution in [2.24, 2.45) is 5.92 Å². The second kappa shape index (κ2) is 8.23. The minimum Gasteiger partial charge on any atom is -0.478 e. The van der Waals surface area contributed by atoms with E-state index >= 15 is 0 Å². The molecule has 0 unspecified atom stereocenters. The maximum atomic E-state index is 11.5. The fourth-order valence-corrected chi connectivity index (χ4v) is 4.19. The Morgan fingerprint density at radius 1 is 1.12 bits per heavy atom. The van der Waals surface area contributed by atoms with E-state index in [9.17, 15) is 9.90 Å². The second-order valence-electron chi connectivity index (χ2n) is 7.34. The number of carbonyl (C=O) groups is 1. The van der Waals surface area contributed by atoms with E-state index in [4.69, 9.17) is 6.42 Å². The van der Waals surface area contributed by atoms with Crippen LogP contribution in [-0.4, -0.2) is 11.1 Å². The molecule has 0 aliphatic heterocycles. The van der Waals surface area contributed by atoms with Crippen molar-refractivity contribution in [2.75, 3.05) is 0 Å². The van der Waals surface area contributed by atoms with Gasteiger partial charge in [-0.25, -0.2) is 4.79 Å². The van der Waals surface area contributed by atoms with Gasteiger partial charge in [-0.15, -0.1) is 6.42 Å². The summed E-state index contributed by atoms with van der Waals surface area (Å²) in [6, 6.07) is 13.5. The highest BCUT2D eigenvalue weighted by Gasteiger charge is 2.22. The molecule has 0 radical (unpaired) electrons. The summed E-state index contributed by atoms with van der Waals surface area (Å²) < 4.78 is 0. The molecule has 0 saturated heterocycles. The fourth-order valence-electron chi connectivity index (χ4n) is 4.19. The highest BCUT2D eigenvalue weighted by Crippen LogP contribution is 2.38. The summed E-state index contributed by atoms with van der Waals surface area (Å²) in [7, 11) is 0. The molecule has 26 heavy (non-hydrogen) atoms. The van der Waals surface area contributed by atoms with Crippen LogP contribution in [0.25, 0.3) is 11.1 Å². The van der Waals surface area contributed by atoms with Gasteiger partial charge in [0.05, 0.1) is 5.56 Å². The van der Waals surface area contributed by atoms with Gasteiger partial charge >= 0.3 is 5.97 Å². The van der Waals surface area contributed by atoms with E-state index in [1.54, 1.807) is 18.2 Å². The molecule has 0 heterocycles. The minimum atomic E-state index is -0.929. The maximum absolute atomic E-state index is 11.5. The van der Waals surface area contributed by atoms with Crippen molar-refractivity contribution in [1.82, 2.24) is 0 Å². The molecule has 1 aliphatic rings. The highest BCUT2D eigenvalue weighted by molar-refractivity contribution is 5.96. The lowest BCUT2D eigenvalue weighted by Crippen LogP contribution is -2.13. The summed E-state index contributed by atoms with van der Waals surface area (Å²) in [6.07, 6.45) is 13.3. The molecule has 1 fully saturated rings. The highest BCUT2D eigenvalue weighted by atomic mass is 16.4. The lowest BCUT2D eigenvalue weighted by molar-refractivity contribution is 0.0697.